The van der Waals surface area contributed by atoms with Crippen LogP contribution in [0.5, 0.6) is 5.88 Å². The van der Waals surface area contributed by atoms with E-state index in [0.717, 1.165) is 0 Å². The van der Waals surface area contributed by atoms with E-state index in [0.29, 0.717) is 22.7 Å². The fraction of sp³-hybridized carbons (Fsp3) is 0.208. The zero-order valence-corrected chi connectivity index (χ0v) is 20.6. The lowest BCUT2D eigenvalue weighted by Crippen LogP contribution is -2.17. The average molecular weight is 542 g/mol. The van der Waals surface area contributed by atoms with Gasteiger partial charge in [-0.1, -0.05) is 29.3 Å². The van der Waals surface area contributed by atoms with Crippen LogP contribution in [-0.4, -0.2) is 28.1 Å². The number of aromatic nitrogens is 1. The number of hydrogen-bond donors (Lipinski definition) is 1. The minimum absolute atomic E-state index is 0.0680. The number of methoxy groups -OCH3 is 1. The Morgan fingerprint density at radius 2 is 1.85 bits per heavy atom. The first kappa shape index (κ1) is 24.7. The fourth-order valence-corrected chi connectivity index (χ4v) is 5.00. The monoisotopic (exact) mass is 540 g/mol. The zero-order valence-electron chi connectivity index (χ0n) is 17.6. The number of nitrogens with one attached hydrogen (secondary N) is 1. The first-order valence-electron chi connectivity index (χ1n) is 10.1. The lowest BCUT2D eigenvalue weighted by Gasteiger charge is -2.10. The van der Waals surface area contributed by atoms with Gasteiger partial charge in [0.2, 0.25) is 11.8 Å². The summed E-state index contributed by atoms with van der Waals surface area (Å²) in [6.45, 7) is 0. The van der Waals surface area contributed by atoms with Crippen molar-refractivity contribution in [2.24, 2.45) is 5.92 Å². The minimum Gasteiger partial charge on any atom is -0.481 e. The van der Waals surface area contributed by atoms with Crippen LogP contribution in [0, 0.1) is 11.7 Å². The van der Waals surface area contributed by atoms with Crippen molar-refractivity contribution in [1.29, 1.82) is 0 Å². The van der Waals surface area contributed by atoms with Gasteiger partial charge in [-0.2, -0.15) is 0 Å². The molecule has 4 rings (SSSR count). The highest BCUT2D eigenvalue weighted by Gasteiger charge is 2.67. The van der Waals surface area contributed by atoms with Crippen LogP contribution in [0.3, 0.4) is 0 Å². The van der Waals surface area contributed by atoms with Gasteiger partial charge in [0.25, 0.3) is 0 Å². The number of amides is 1. The second kappa shape index (κ2) is 9.70. The smallest absolute Gasteiger partial charge is 0.231 e. The van der Waals surface area contributed by atoms with Crippen LogP contribution in [0.4, 0.5) is 10.1 Å². The van der Waals surface area contributed by atoms with Crippen LogP contribution in [0.2, 0.25) is 10.0 Å². The summed E-state index contributed by atoms with van der Waals surface area (Å²) >= 11 is 24.8. The molecule has 5 nitrogen and oxygen atoms in total. The maximum Gasteiger partial charge on any atom is 0.231 e. The Balaban J connectivity index is 1.50. The van der Waals surface area contributed by atoms with Crippen LogP contribution in [-0.2, 0) is 11.2 Å². The third-order valence-electron chi connectivity index (χ3n) is 5.55. The van der Waals surface area contributed by atoms with Crippen molar-refractivity contribution >= 4 is 63.8 Å². The number of pyridine rings is 1. The molecule has 0 bridgehead atoms. The number of Topliss-reactive ketones (excluding diaryl/α,β-unsaturated/α-hetero) is 1. The summed E-state index contributed by atoms with van der Waals surface area (Å²) in [6, 6.07) is 12.1. The van der Waals surface area contributed by atoms with Gasteiger partial charge in [-0.3, -0.25) is 9.59 Å². The predicted octanol–water partition coefficient (Wildman–Crippen LogP) is 6.49. The molecule has 176 valence electrons. The van der Waals surface area contributed by atoms with Crippen molar-refractivity contribution in [2.45, 2.75) is 16.7 Å². The van der Waals surface area contributed by atoms with Gasteiger partial charge in [0.15, 0.2) is 5.78 Å². The van der Waals surface area contributed by atoms with E-state index in [-0.39, 0.29) is 27.8 Å². The van der Waals surface area contributed by atoms with Crippen LogP contribution < -0.4 is 10.1 Å². The summed E-state index contributed by atoms with van der Waals surface area (Å²) in [4.78, 5) is 29.8. The zero-order chi connectivity index (χ0) is 24.6. The molecule has 1 heterocycles. The molecule has 0 radical (unpaired) electrons. The van der Waals surface area contributed by atoms with Crippen molar-refractivity contribution in [3.63, 3.8) is 0 Å². The molecule has 1 amide bonds. The molecule has 0 saturated heterocycles. The molecule has 2 aromatic carbocycles. The maximum atomic E-state index is 13.5. The van der Waals surface area contributed by atoms with Gasteiger partial charge in [0.1, 0.15) is 10.2 Å². The number of alkyl halides is 2. The first-order valence-corrected chi connectivity index (χ1v) is 11.6. The van der Waals surface area contributed by atoms with Crippen molar-refractivity contribution in [3.8, 4) is 5.88 Å². The predicted molar refractivity (Wildman–Crippen MR) is 131 cm³/mol. The van der Waals surface area contributed by atoms with Gasteiger partial charge in [-0.15, -0.1) is 23.2 Å². The first-order chi connectivity index (χ1) is 16.1. The van der Waals surface area contributed by atoms with Crippen molar-refractivity contribution in [1.82, 2.24) is 4.98 Å². The second-order valence-corrected chi connectivity index (χ2v) is 10.1. The van der Waals surface area contributed by atoms with E-state index in [4.69, 9.17) is 51.1 Å². The SMILES string of the molecule is COc1cc(CC(=O)c2cc(NC(=O)C3C(c4ccc(F)c(Cl)c4)C3(Cl)Cl)ccc2Cl)ccn1. The Labute approximate surface area is 215 Å². The van der Waals surface area contributed by atoms with Gasteiger partial charge in [0.05, 0.1) is 23.1 Å². The summed E-state index contributed by atoms with van der Waals surface area (Å²) in [6.07, 6.45) is 1.61. The van der Waals surface area contributed by atoms with Gasteiger partial charge in [-0.25, -0.2) is 9.37 Å². The summed E-state index contributed by atoms with van der Waals surface area (Å²) < 4.78 is 17.2. The third kappa shape index (κ3) is 5.01. The molecular weight excluding hydrogens is 525 g/mol. The molecule has 1 aromatic heterocycles. The maximum absolute atomic E-state index is 13.5. The Hall–Kier alpha value is -2.38. The number of halogens is 5. The van der Waals surface area contributed by atoms with E-state index in [9.17, 15) is 14.0 Å². The lowest BCUT2D eigenvalue weighted by molar-refractivity contribution is -0.117. The molecule has 10 heteroatoms. The summed E-state index contributed by atoms with van der Waals surface area (Å²) in [5.41, 5.74) is 1.86. The Morgan fingerprint density at radius 1 is 1.09 bits per heavy atom. The Bertz CT molecular complexity index is 1280. The Kier molecular flexibility index (Phi) is 7.06. The van der Waals surface area contributed by atoms with Crippen LogP contribution >= 0.6 is 46.4 Å². The summed E-state index contributed by atoms with van der Waals surface area (Å²) in [7, 11) is 1.49. The lowest BCUT2D eigenvalue weighted by atomic mass is 10.0. The molecule has 2 atom stereocenters. The van der Waals surface area contributed by atoms with E-state index >= 15 is 0 Å². The highest BCUT2D eigenvalue weighted by atomic mass is 35.5. The molecular formula is C24H17Cl4FN2O3. The van der Waals surface area contributed by atoms with Crippen LogP contribution in [0.25, 0.3) is 0 Å². The van der Waals surface area contributed by atoms with Crippen molar-refractivity contribution in [2.75, 3.05) is 12.4 Å². The molecule has 1 N–H and O–H groups in total. The van der Waals surface area contributed by atoms with Gasteiger partial charge in [0, 0.05) is 35.9 Å². The molecule has 3 aromatic rings. The third-order valence-corrected chi connectivity index (χ3v) is 7.11. The number of ether oxygens (including phenoxy) is 1. The van der Waals surface area contributed by atoms with Gasteiger partial charge in [-0.05, 0) is 47.5 Å². The standard InChI is InChI=1S/C24H17Cl4FN2O3/c1-34-20-9-12(6-7-30-20)8-19(32)15-11-14(3-4-16(15)25)31-23(33)22-21(24(22,27)28)13-2-5-18(29)17(26)10-13/h2-7,9-11,21-22H,8H2,1H3,(H,31,33). The molecule has 1 fully saturated rings. The number of rotatable bonds is 7. The normalized spacial score (nSPS) is 18.3. The van der Waals surface area contributed by atoms with E-state index in [2.05, 4.69) is 10.3 Å². The molecule has 34 heavy (non-hydrogen) atoms. The van der Waals surface area contributed by atoms with Crippen molar-refractivity contribution in [3.05, 3.63) is 87.3 Å². The molecule has 1 aliphatic carbocycles. The van der Waals surface area contributed by atoms with Gasteiger partial charge >= 0.3 is 0 Å². The number of anilines is 1. The highest BCUT2D eigenvalue weighted by Crippen LogP contribution is 2.65. The van der Waals surface area contributed by atoms with Crippen LogP contribution in [0.15, 0.2) is 54.7 Å². The topological polar surface area (TPSA) is 68.3 Å². The highest BCUT2D eigenvalue weighted by molar-refractivity contribution is 6.53. The van der Waals surface area contributed by atoms with E-state index < -0.39 is 27.9 Å². The van der Waals surface area contributed by atoms with Crippen LogP contribution in [0.1, 0.15) is 27.4 Å². The van der Waals surface area contributed by atoms with E-state index in [1.165, 1.54) is 37.4 Å². The second-order valence-electron chi connectivity index (χ2n) is 7.79. The molecule has 0 aliphatic heterocycles. The Morgan fingerprint density at radius 3 is 2.56 bits per heavy atom. The van der Waals surface area contributed by atoms with Gasteiger partial charge < -0.3 is 10.1 Å². The number of carbonyl (C=O) groups excluding carboxylic acids is 2. The summed E-state index contributed by atoms with van der Waals surface area (Å²) in [5, 5.41) is 2.90. The average Bonchev–Trinajstić information content (AvgIpc) is 3.39. The minimum atomic E-state index is -1.38. The number of ketones is 1. The van der Waals surface area contributed by atoms with E-state index in [1.54, 1.807) is 24.4 Å². The number of hydrogen-bond acceptors (Lipinski definition) is 4. The molecule has 2 unspecified atom stereocenters. The molecule has 1 saturated carbocycles. The fourth-order valence-electron chi connectivity index (χ4n) is 3.76. The molecule has 1 aliphatic rings. The number of carbonyl (C=O) groups is 2. The van der Waals surface area contributed by atoms with Crippen molar-refractivity contribution < 1.29 is 18.7 Å². The molecule has 0 spiro atoms. The largest absolute Gasteiger partial charge is 0.481 e. The number of nitrogens with zero attached hydrogens (tertiary/aromatic N) is 1. The van der Waals surface area contributed by atoms with E-state index in [1.807, 2.05) is 0 Å². The summed E-state index contributed by atoms with van der Waals surface area (Å²) in [5.74, 6) is -2.24. The quantitative estimate of drug-likeness (QED) is 0.274. The number of benzene rings is 2.